The van der Waals surface area contributed by atoms with Gasteiger partial charge in [0.15, 0.2) is 0 Å². The predicted molar refractivity (Wildman–Crippen MR) is 85.3 cm³/mol. The SMILES string of the molecule is Cc1ccccc1COc1cccc(CNCC(C)O)c1. The molecule has 0 aliphatic heterocycles. The first-order valence-electron chi connectivity index (χ1n) is 7.30. The van der Waals surface area contributed by atoms with E-state index in [1.54, 1.807) is 6.92 Å². The van der Waals surface area contributed by atoms with Gasteiger partial charge in [-0.15, -0.1) is 0 Å². The Morgan fingerprint density at radius 1 is 1.14 bits per heavy atom. The summed E-state index contributed by atoms with van der Waals surface area (Å²) in [6.45, 7) is 5.77. The van der Waals surface area contributed by atoms with Gasteiger partial charge >= 0.3 is 0 Å². The Morgan fingerprint density at radius 2 is 1.95 bits per heavy atom. The largest absolute Gasteiger partial charge is 0.489 e. The summed E-state index contributed by atoms with van der Waals surface area (Å²) in [6.07, 6.45) is -0.328. The maximum absolute atomic E-state index is 9.23. The molecule has 0 aromatic heterocycles. The van der Waals surface area contributed by atoms with Crippen molar-refractivity contribution in [3.63, 3.8) is 0 Å². The second-order valence-corrected chi connectivity index (χ2v) is 5.34. The molecule has 1 atom stereocenters. The summed E-state index contributed by atoms with van der Waals surface area (Å²) in [5.41, 5.74) is 3.60. The van der Waals surface area contributed by atoms with Crippen LogP contribution in [0.5, 0.6) is 5.75 Å². The maximum Gasteiger partial charge on any atom is 0.120 e. The van der Waals surface area contributed by atoms with E-state index in [4.69, 9.17) is 4.74 Å². The zero-order valence-electron chi connectivity index (χ0n) is 12.7. The topological polar surface area (TPSA) is 41.5 Å². The quantitative estimate of drug-likeness (QED) is 0.821. The van der Waals surface area contributed by atoms with E-state index in [0.717, 1.165) is 17.9 Å². The van der Waals surface area contributed by atoms with E-state index in [2.05, 4.69) is 30.4 Å². The molecule has 0 amide bonds. The summed E-state index contributed by atoms with van der Waals surface area (Å²) >= 11 is 0. The smallest absolute Gasteiger partial charge is 0.120 e. The monoisotopic (exact) mass is 285 g/mol. The van der Waals surface area contributed by atoms with Gasteiger partial charge in [-0.05, 0) is 42.7 Å². The Bertz CT molecular complexity index is 567. The number of hydrogen-bond acceptors (Lipinski definition) is 3. The van der Waals surface area contributed by atoms with Gasteiger partial charge in [0.25, 0.3) is 0 Å². The molecule has 0 heterocycles. The Balaban J connectivity index is 1.90. The molecule has 2 N–H and O–H groups in total. The number of aliphatic hydroxyl groups excluding tert-OH is 1. The number of ether oxygens (including phenoxy) is 1. The second-order valence-electron chi connectivity index (χ2n) is 5.34. The highest BCUT2D eigenvalue weighted by molar-refractivity contribution is 5.30. The number of aryl methyl sites for hydroxylation is 1. The molecule has 0 radical (unpaired) electrons. The number of benzene rings is 2. The fourth-order valence-electron chi connectivity index (χ4n) is 2.10. The summed E-state index contributed by atoms with van der Waals surface area (Å²) < 4.78 is 5.86. The van der Waals surface area contributed by atoms with Crippen molar-refractivity contribution in [2.45, 2.75) is 33.1 Å². The average molecular weight is 285 g/mol. The number of rotatable bonds is 7. The van der Waals surface area contributed by atoms with Gasteiger partial charge in [0.2, 0.25) is 0 Å². The van der Waals surface area contributed by atoms with Gasteiger partial charge in [0, 0.05) is 13.1 Å². The number of hydrogen-bond donors (Lipinski definition) is 2. The Labute approximate surface area is 126 Å². The lowest BCUT2D eigenvalue weighted by molar-refractivity contribution is 0.191. The summed E-state index contributed by atoms with van der Waals surface area (Å²) in [5.74, 6) is 0.870. The number of nitrogens with one attached hydrogen (secondary N) is 1. The van der Waals surface area contributed by atoms with Crippen LogP contribution in [0.4, 0.5) is 0 Å². The average Bonchev–Trinajstić information content (AvgIpc) is 2.46. The fraction of sp³-hybridized carbons (Fsp3) is 0.333. The zero-order valence-corrected chi connectivity index (χ0v) is 12.7. The van der Waals surface area contributed by atoms with Crippen molar-refractivity contribution in [2.24, 2.45) is 0 Å². The van der Waals surface area contributed by atoms with Gasteiger partial charge < -0.3 is 15.2 Å². The molecule has 2 aromatic rings. The van der Waals surface area contributed by atoms with Crippen molar-refractivity contribution in [1.29, 1.82) is 0 Å². The molecule has 1 unspecified atom stereocenters. The third-order valence-electron chi connectivity index (χ3n) is 3.32. The highest BCUT2D eigenvalue weighted by Gasteiger charge is 2.01. The predicted octanol–water partition coefficient (Wildman–Crippen LogP) is 3.04. The molecule has 21 heavy (non-hydrogen) atoms. The van der Waals surface area contributed by atoms with E-state index in [1.165, 1.54) is 11.1 Å². The molecular weight excluding hydrogens is 262 g/mol. The highest BCUT2D eigenvalue weighted by atomic mass is 16.5. The van der Waals surface area contributed by atoms with E-state index < -0.39 is 0 Å². The molecule has 2 aromatic carbocycles. The van der Waals surface area contributed by atoms with Crippen LogP contribution in [0.25, 0.3) is 0 Å². The van der Waals surface area contributed by atoms with Crippen LogP contribution in [0.15, 0.2) is 48.5 Å². The molecule has 0 fully saturated rings. The lowest BCUT2D eigenvalue weighted by Gasteiger charge is -2.11. The van der Waals surface area contributed by atoms with Crippen LogP contribution in [-0.2, 0) is 13.2 Å². The fourth-order valence-corrected chi connectivity index (χ4v) is 2.10. The summed E-state index contributed by atoms with van der Waals surface area (Å²) in [4.78, 5) is 0. The minimum atomic E-state index is -0.328. The van der Waals surface area contributed by atoms with E-state index in [-0.39, 0.29) is 6.10 Å². The molecular formula is C18H23NO2. The highest BCUT2D eigenvalue weighted by Crippen LogP contribution is 2.16. The molecule has 0 aliphatic rings. The van der Waals surface area contributed by atoms with Crippen LogP contribution in [0.2, 0.25) is 0 Å². The van der Waals surface area contributed by atoms with Crippen LogP contribution in [0.1, 0.15) is 23.6 Å². The van der Waals surface area contributed by atoms with Crippen molar-refractivity contribution in [3.8, 4) is 5.75 Å². The second kappa shape index (κ2) is 7.81. The molecule has 0 aliphatic carbocycles. The van der Waals surface area contributed by atoms with E-state index in [0.29, 0.717) is 13.2 Å². The Morgan fingerprint density at radius 3 is 2.71 bits per heavy atom. The van der Waals surface area contributed by atoms with Crippen molar-refractivity contribution < 1.29 is 9.84 Å². The van der Waals surface area contributed by atoms with Crippen molar-refractivity contribution >= 4 is 0 Å². The maximum atomic E-state index is 9.23. The summed E-state index contributed by atoms with van der Waals surface area (Å²) in [7, 11) is 0. The van der Waals surface area contributed by atoms with E-state index >= 15 is 0 Å². The summed E-state index contributed by atoms with van der Waals surface area (Å²) in [5, 5.41) is 12.4. The van der Waals surface area contributed by atoms with E-state index in [9.17, 15) is 5.11 Å². The lowest BCUT2D eigenvalue weighted by Crippen LogP contribution is -2.23. The molecule has 0 saturated heterocycles. The minimum Gasteiger partial charge on any atom is -0.489 e. The lowest BCUT2D eigenvalue weighted by atomic mass is 10.1. The zero-order chi connectivity index (χ0) is 15.1. The van der Waals surface area contributed by atoms with Crippen molar-refractivity contribution in [2.75, 3.05) is 6.54 Å². The molecule has 0 saturated carbocycles. The van der Waals surface area contributed by atoms with Gasteiger partial charge in [0.1, 0.15) is 12.4 Å². The van der Waals surface area contributed by atoms with Crippen LogP contribution in [-0.4, -0.2) is 17.8 Å². The first kappa shape index (κ1) is 15.5. The first-order valence-corrected chi connectivity index (χ1v) is 7.30. The van der Waals surface area contributed by atoms with Gasteiger partial charge in [0.05, 0.1) is 6.10 Å². The van der Waals surface area contributed by atoms with Crippen LogP contribution in [0, 0.1) is 6.92 Å². The van der Waals surface area contributed by atoms with Gasteiger partial charge in [-0.2, -0.15) is 0 Å². The third-order valence-corrected chi connectivity index (χ3v) is 3.32. The third kappa shape index (κ3) is 5.21. The molecule has 0 spiro atoms. The molecule has 2 rings (SSSR count). The molecule has 112 valence electrons. The molecule has 3 heteroatoms. The van der Waals surface area contributed by atoms with Gasteiger partial charge in [-0.1, -0.05) is 36.4 Å². The molecule has 0 bridgehead atoms. The Hall–Kier alpha value is -1.84. The molecule has 3 nitrogen and oxygen atoms in total. The van der Waals surface area contributed by atoms with Crippen molar-refractivity contribution in [3.05, 3.63) is 65.2 Å². The van der Waals surface area contributed by atoms with Crippen LogP contribution >= 0.6 is 0 Å². The Kier molecular flexibility index (Phi) is 5.78. The standard InChI is InChI=1S/C18H23NO2/c1-14-6-3-4-8-17(14)13-21-18-9-5-7-16(10-18)12-19-11-15(2)20/h3-10,15,19-20H,11-13H2,1-2H3. The summed E-state index contributed by atoms with van der Waals surface area (Å²) in [6, 6.07) is 16.3. The van der Waals surface area contributed by atoms with Crippen molar-refractivity contribution in [1.82, 2.24) is 5.32 Å². The van der Waals surface area contributed by atoms with E-state index in [1.807, 2.05) is 30.3 Å². The van der Waals surface area contributed by atoms with Crippen LogP contribution < -0.4 is 10.1 Å². The van der Waals surface area contributed by atoms with Crippen LogP contribution in [0.3, 0.4) is 0 Å². The van der Waals surface area contributed by atoms with Gasteiger partial charge in [-0.25, -0.2) is 0 Å². The first-order chi connectivity index (χ1) is 10.1. The minimum absolute atomic E-state index is 0.328. The normalized spacial score (nSPS) is 12.1. The number of aliphatic hydroxyl groups is 1. The van der Waals surface area contributed by atoms with Gasteiger partial charge in [-0.3, -0.25) is 0 Å².